The van der Waals surface area contributed by atoms with Crippen molar-refractivity contribution in [2.75, 3.05) is 0 Å². The lowest BCUT2D eigenvalue weighted by atomic mass is 9.64. The molecule has 0 aromatic carbocycles. The van der Waals surface area contributed by atoms with Gasteiger partial charge in [0.25, 0.3) is 0 Å². The molecule has 15 heavy (non-hydrogen) atoms. The summed E-state index contributed by atoms with van der Waals surface area (Å²) in [5.74, 6) is 2.43. The van der Waals surface area contributed by atoms with Crippen molar-refractivity contribution >= 4 is 5.78 Å². The van der Waals surface area contributed by atoms with Crippen molar-refractivity contribution in [3.63, 3.8) is 0 Å². The van der Waals surface area contributed by atoms with Gasteiger partial charge in [-0.3, -0.25) is 4.79 Å². The Labute approximate surface area is 92.1 Å². The summed E-state index contributed by atoms with van der Waals surface area (Å²) in [6.45, 7) is 4.56. The Morgan fingerprint density at radius 3 is 2.60 bits per heavy atom. The number of carbonyl (C=O) groups is 1. The van der Waals surface area contributed by atoms with E-state index in [1.807, 2.05) is 0 Å². The van der Waals surface area contributed by atoms with Crippen LogP contribution in [0.3, 0.4) is 0 Å². The molecule has 0 bridgehead atoms. The standard InChI is InChI=1S/C13H22O2/c1-8(2)9-3-5-11-10(7-9)4-6-12(14)13(11)15/h8-12,14H,3-7H2,1-2H3. The molecule has 86 valence electrons. The van der Waals surface area contributed by atoms with Crippen LogP contribution in [0.15, 0.2) is 0 Å². The fraction of sp³-hybridized carbons (Fsp3) is 0.923. The number of hydrogen-bond donors (Lipinski definition) is 1. The zero-order valence-electron chi connectivity index (χ0n) is 9.78. The molecule has 0 spiro atoms. The SMILES string of the molecule is CC(C)C1CCC2C(=O)C(O)CCC2C1. The summed E-state index contributed by atoms with van der Waals surface area (Å²) >= 11 is 0. The summed E-state index contributed by atoms with van der Waals surface area (Å²) in [6.07, 6.45) is 4.51. The van der Waals surface area contributed by atoms with Crippen molar-refractivity contribution < 1.29 is 9.90 Å². The highest BCUT2D eigenvalue weighted by Gasteiger charge is 2.41. The minimum atomic E-state index is -0.651. The average Bonchev–Trinajstić information content (AvgIpc) is 2.23. The van der Waals surface area contributed by atoms with Crippen LogP contribution in [0, 0.1) is 23.7 Å². The van der Waals surface area contributed by atoms with E-state index in [2.05, 4.69) is 13.8 Å². The Hall–Kier alpha value is -0.370. The third-order valence-corrected chi connectivity index (χ3v) is 4.47. The van der Waals surface area contributed by atoms with E-state index in [9.17, 15) is 9.90 Å². The van der Waals surface area contributed by atoms with Gasteiger partial charge in [-0.15, -0.1) is 0 Å². The van der Waals surface area contributed by atoms with E-state index in [0.29, 0.717) is 12.3 Å². The molecule has 0 aromatic rings. The fourth-order valence-electron chi connectivity index (χ4n) is 3.36. The molecule has 0 radical (unpaired) electrons. The Balaban J connectivity index is 2.02. The van der Waals surface area contributed by atoms with Crippen LogP contribution in [0.2, 0.25) is 0 Å². The fourth-order valence-corrected chi connectivity index (χ4v) is 3.36. The highest BCUT2D eigenvalue weighted by molar-refractivity contribution is 5.86. The van der Waals surface area contributed by atoms with E-state index in [4.69, 9.17) is 0 Å². The molecule has 2 fully saturated rings. The number of Topliss-reactive ketones (excluding diaryl/α,β-unsaturated/α-hetero) is 1. The molecule has 2 aliphatic carbocycles. The van der Waals surface area contributed by atoms with Crippen LogP contribution in [0.1, 0.15) is 46.0 Å². The number of aliphatic hydroxyl groups excluding tert-OH is 1. The Morgan fingerprint density at radius 1 is 1.20 bits per heavy atom. The van der Waals surface area contributed by atoms with Gasteiger partial charge in [0.05, 0.1) is 0 Å². The molecule has 4 unspecified atom stereocenters. The summed E-state index contributed by atoms with van der Waals surface area (Å²) in [7, 11) is 0. The zero-order chi connectivity index (χ0) is 11.0. The van der Waals surface area contributed by atoms with Gasteiger partial charge in [-0.2, -0.15) is 0 Å². The smallest absolute Gasteiger partial charge is 0.164 e. The topological polar surface area (TPSA) is 37.3 Å². The third kappa shape index (κ3) is 2.10. The van der Waals surface area contributed by atoms with E-state index in [1.165, 1.54) is 12.8 Å². The van der Waals surface area contributed by atoms with E-state index in [1.54, 1.807) is 0 Å². The molecule has 4 atom stereocenters. The summed E-state index contributed by atoms with van der Waals surface area (Å²) in [5, 5.41) is 9.54. The van der Waals surface area contributed by atoms with Crippen LogP contribution < -0.4 is 0 Å². The lowest BCUT2D eigenvalue weighted by Crippen LogP contribution is -2.42. The molecule has 2 saturated carbocycles. The van der Waals surface area contributed by atoms with Crippen molar-refractivity contribution in [2.45, 2.75) is 52.1 Å². The van der Waals surface area contributed by atoms with Gasteiger partial charge < -0.3 is 5.11 Å². The minimum absolute atomic E-state index is 0.133. The number of fused-ring (bicyclic) bond motifs is 1. The van der Waals surface area contributed by atoms with Crippen LogP contribution in [0.25, 0.3) is 0 Å². The Bertz CT molecular complexity index is 247. The maximum absolute atomic E-state index is 11.8. The number of aliphatic hydroxyl groups is 1. The Kier molecular flexibility index (Phi) is 3.15. The first-order valence-corrected chi connectivity index (χ1v) is 6.31. The second-order valence-electron chi connectivity index (χ2n) is 5.68. The number of ketones is 1. The van der Waals surface area contributed by atoms with Gasteiger partial charge in [-0.1, -0.05) is 13.8 Å². The lowest BCUT2D eigenvalue weighted by Gasteiger charge is -2.41. The predicted molar refractivity (Wildman–Crippen MR) is 59.4 cm³/mol. The first-order valence-electron chi connectivity index (χ1n) is 6.31. The molecule has 0 saturated heterocycles. The van der Waals surface area contributed by atoms with Crippen LogP contribution >= 0.6 is 0 Å². The normalized spacial score (nSPS) is 41.7. The van der Waals surface area contributed by atoms with Crippen LogP contribution in [0.5, 0.6) is 0 Å². The molecule has 2 aliphatic rings. The van der Waals surface area contributed by atoms with Crippen molar-refractivity contribution in [1.29, 1.82) is 0 Å². The Morgan fingerprint density at radius 2 is 1.93 bits per heavy atom. The van der Waals surface area contributed by atoms with Gasteiger partial charge in [0.15, 0.2) is 5.78 Å². The summed E-state index contributed by atoms with van der Waals surface area (Å²) in [6, 6.07) is 0. The third-order valence-electron chi connectivity index (χ3n) is 4.47. The van der Waals surface area contributed by atoms with E-state index >= 15 is 0 Å². The van der Waals surface area contributed by atoms with Crippen molar-refractivity contribution in [1.82, 2.24) is 0 Å². The predicted octanol–water partition coefficient (Wildman–Crippen LogP) is 2.40. The monoisotopic (exact) mass is 210 g/mol. The van der Waals surface area contributed by atoms with Crippen molar-refractivity contribution in [3.8, 4) is 0 Å². The lowest BCUT2D eigenvalue weighted by molar-refractivity contribution is -0.139. The molecule has 0 heterocycles. The van der Waals surface area contributed by atoms with E-state index < -0.39 is 6.10 Å². The summed E-state index contributed by atoms with van der Waals surface area (Å²) < 4.78 is 0. The second kappa shape index (κ2) is 4.25. The van der Waals surface area contributed by atoms with Gasteiger partial charge in [-0.25, -0.2) is 0 Å². The molecule has 0 amide bonds. The molecule has 0 aliphatic heterocycles. The highest BCUT2D eigenvalue weighted by Crippen LogP contribution is 2.43. The van der Waals surface area contributed by atoms with Gasteiger partial charge >= 0.3 is 0 Å². The molecule has 2 nitrogen and oxygen atoms in total. The molecular formula is C13H22O2. The van der Waals surface area contributed by atoms with Crippen LogP contribution in [0.4, 0.5) is 0 Å². The van der Waals surface area contributed by atoms with Crippen LogP contribution in [-0.2, 0) is 4.79 Å². The maximum Gasteiger partial charge on any atom is 0.164 e. The quantitative estimate of drug-likeness (QED) is 0.721. The van der Waals surface area contributed by atoms with E-state index in [-0.39, 0.29) is 11.7 Å². The largest absolute Gasteiger partial charge is 0.385 e. The highest BCUT2D eigenvalue weighted by atomic mass is 16.3. The first kappa shape index (κ1) is 11.1. The second-order valence-corrected chi connectivity index (χ2v) is 5.68. The van der Waals surface area contributed by atoms with Crippen molar-refractivity contribution in [3.05, 3.63) is 0 Å². The number of carbonyl (C=O) groups excluding carboxylic acids is 1. The minimum Gasteiger partial charge on any atom is -0.385 e. The summed E-state index contributed by atoms with van der Waals surface area (Å²) in [4.78, 5) is 11.8. The van der Waals surface area contributed by atoms with Crippen LogP contribution in [-0.4, -0.2) is 17.0 Å². The van der Waals surface area contributed by atoms with Gasteiger partial charge in [0.2, 0.25) is 0 Å². The zero-order valence-corrected chi connectivity index (χ0v) is 9.78. The number of rotatable bonds is 1. The average molecular weight is 210 g/mol. The first-order chi connectivity index (χ1) is 7.09. The maximum atomic E-state index is 11.8. The van der Waals surface area contributed by atoms with Crippen molar-refractivity contribution in [2.24, 2.45) is 23.7 Å². The van der Waals surface area contributed by atoms with E-state index in [0.717, 1.165) is 24.7 Å². The number of hydrogen-bond acceptors (Lipinski definition) is 2. The van der Waals surface area contributed by atoms with Gasteiger partial charge in [0, 0.05) is 5.92 Å². The summed E-state index contributed by atoms with van der Waals surface area (Å²) in [5.41, 5.74) is 0. The van der Waals surface area contributed by atoms with Gasteiger partial charge in [-0.05, 0) is 49.9 Å². The molecule has 2 rings (SSSR count). The molecule has 2 heteroatoms. The molecule has 0 aromatic heterocycles. The van der Waals surface area contributed by atoms with Gasteiger partial charge in [0.1, 0.15) is 6.10 Å². The molecule has 1 N–H and O–H groups in total. The molecular weight excluding hydrogens is 188 g/mol.